The summed E-state index contributed by atoms with van der Waals surface area (Å²) in [5, 5.41) is 13.4. The molecular weight excluding hydrogens is 278 g/mol. The van der Waals surface area contributed by atoms with Gasteiger partial charge >= 0.3 is 5.97 Å². The Labute approximate surface area is 130 Å². The predicted molar refractivity (Wildman–Crippen MR) is 86.4 cm³/mol. The van der Waals surface area contributed by atoms with Crippen molar-refractivity contribution in [2.75, 3.05) is 11.9 Å². The van der Waals surface area contributed by atoms with Crippen LogP contribution < -0.4 is 5.32 Å². The van der Waals surface area contributed by atoms with Crippen LogP contribution in [-0.4, -0.2) is 17.7 Å². The first kappa shape index (κ1) is 16.0. The third kappa shape index (κ3) is 4.33. The largest absolute Gasteiger partial charge is 0.464 e. The molecule has 116 valence electrons. The summed E-state index contributed by atoms with van der Waals surface area (Å²) in [7, 11) is 0. The molecule has 0 spiro atoms. The van der Waals surface area contributed by atoms with E-state index in [0.29, 0.717) is 18.7 Å². The lowest BCUT2D eigenvalue weighted by molar-refractivity contribution is -0.153. The first-order valence-electron chi connectivity index (χ1n) is 7.43. The number of aliphatic hydroxyl groups is 1. The molecule has 0 aliphatic carbocycles. The van der Waals surface area contributed by atoms with Gasteiger partial charge in [0.25, 0.3) is 0 Å². The topological polar surface area (TPSA) is 58.6 Å². The van der Waals surface area contributed by atoms with Crippen molar-refractivity contribution in [2.45, 2.75) is 26.0 Å². The van der Waals surface area contributed by atoms with Gasteiger partial charge in [-0.1, -0.05) is 55.5 Å². The molecule has 0 aromatic heterocycles. The van der Waals surface area contributed by atoms with E-state index in [1.165, 1.54) is 0 Å². The molecule has 0 fully saturated rings. The lowest BCUT2D eigenvalue weighted by atomic mass is 10.1. The molecule has 0 amide bonds. The molecule has 4 nitrogen and oxygen atoms in total. The number of carbonyl (C=O) groups is 1. The second-order valence-electron chi connectivity index (χ2n) is 5.00. The fourth-order valence-corrected chi connectivity index (χ4v) is 2.10. The highest BCUT2D eigenvalue weighted by molar-refractivity contribution is 5.78. The molecule has 0 aliphatic heterocycles. The number of hydrogen-bond donors (Lipinski definition) is 2. The number of nitrogens with one attached hydrogen (secondary N) is 1. The van der Waals surface area contributed by atoms with Crippen LogP contribution in [0.15, 0.2) is 54.6 Å². The second-order valence-corrected chi connectivity index (χ2v) is 5.00. The van der Waals surface area contributed by atoms with Crippen molar-refractivity contribution in [2.24, 2.45) is 0 Å². The molecule has 0 unspecified atom stereocenters. The van der Waals surface area contributed by atoms with Gasteiger partial charge < -0.3 is 15.2 Å². The van der Waals surface area contributed by atoms with Gasteiger partial charge in [0.2, 0.25) is 0 Å². The minimum atomic E-state index is -1.27. The summed E-state index contributed by atoms with van der Waals surface area (Å²) >= 11 is 0. The zero-order valence-electron chi connectivity index (χ0n) is 12.7. The van der Waals surface area contributed by atoms with Gasteiger partial charge in [0.1, 0.15) is 0 Å². The highest BCUT2D eigenvalue weighted by Crippen LogP contribution is 2.24. The van der Waals surface area contributed by atoms with Crippen LogP contribution in [0, 0.1) is 0 Å². The van der Waals surface area contributed by atoms with Crippen molar-refractivity contribution in [1.29, 1.82) is 0 Å². The first-order chi connectivity index (χ1) is 10.7. The molecule has 0 heterocycles. The molecule has 2 aromatic rings. The Morgan fingerprint density at radius 3 is 2.55 bits per heavy atom. The van der Waals surface area contributed by atoms with Crippen LogP contribution in [0.2, 0.25) is 0 Å². The molecule has 22 heavy (non-hydrogen) atoms. The van der Waals surface area contributed by atoms with E-state index in [4.69, 9.17) is 4.74 Å². The molecule has 2 aromatic carbocycles. The van der Waals surface area contributed by atoms with E-state index in [2.05, 4.69) is 5.32 Å². The van der Waals surface area contributed by atoms with Gasteiger partial charge in [0.15, 0.2) is 6.10 Å². The third-order valence-corrected chi connectivity index (χ3v) is 3.25. The summed E-state index contributed by atoms with van der Waals surface area (Å²) in [6.45, 7) is 2.85. The number of carbonyl (C=O) groups excluding carboxylic acids is 1. The van der Waals surface area contributed by atoms with Crippen LogP contribution in [0.4, 0.5) is 5.69 Å². The van der Waals surface area contributed by atoms with Crippen molar-refractivity contribution >= 4 is 11.7 Å². The molecular formula is C18H21NO3. The summed E-state index contributed by atoms with van der Waals surface area (Å²) in [6, 6.07) is 17.2. The predicted octanol–water partition coefficient (Wildman–Crippen LogP) is 3.29. The number of esters is 1. The van der Waals surface area contributed by atoms with Crippen LogP contribution in [0.3, 0.4) is 0 Å². The maximum atomic E-state index is 11.8. The lowest BCUT2D eigenvalue weighted by Crippen LogP contribution is -2.17. The normalized spacial score (nSPS) is 11.7. The summed E-state index contributed by atoms with van der Waals surface area (Å²) < 4.78 is 5.01. The lowest BCUT2D eigenvalue weighted by Gasteiger charge is -2.16. The first-order valence-corrected chi connectivity index (χ1v) is 7.43. The highest BCUT2D eigenvalue weighted by Gasteiger charge is 2.21. The maximum absolute atomic E-state index is 11.8. The zero-order valence-corrected chi connectivity index (χ0v) is 12.7. The standard InChI is InChI=1S/C18H21NO3/c1-2-12-22-18(21)17(20)15-10-6-7-11-16(15)19-13-14-8-4-3-5-9-14/h3-11,17,19-20H,2,12-13H2,1H3/t17-/m1/s1. The quantitative estimate of drug-likeness (QED) is 0.770. The summed E-state index contributed by atoms with van der Waals surface area (Å²) in [5.41, 5.74) is 2.38. The van der Waals surface area contributed by atoms with E-state index in [0.717, 1.165) is 17.7 Å². The van der Waals surface area contributed by atoms with Gasteiger partial charge in [-0.05, 0) is 18.1 Å². The van der Waals surface area contributed by atoms with Crippen molar-refractivity contribution < 1.29 is 14.6 Å². The Hall–Kier alpha value is -2.33. The van der Waals surface area contributed by atoms with Crippen LogP contribution in [-0.2, 0) is 16.1 Å². The van der Waals surface area contributed by atoms with Gasteiger partial charge in [-0.25, -0.2) is 4.79 Å². The number of aliphatic hydroxyl groups excluding tert-OH is 1. The molecule has 0 aliphatic rings. The Kier molecular flexibility index (Phi) is 5.98. The molecule has 0 bridgehead atoms. The van der Waals surface area contributed by atoms with Crippen molar-refractivity contribution in [1.82, 2.24) is 0 Å². The molecule has 0 saturated heterocycles. The van der Waals surface area contributed by atoms with Crippen molar-refractivity contribution in [3.63, 3.8) is 0 Å². The van der Waals surface area contributed by atoms with E-state index in [1.807, 2.05) is 49.4 Å². The van der Waals surface area contributed by atoms with Crippen LogP contribution in [0.1, 0.15) is 30.6 Å². The smallest absolute Gasteiger partial charge is 0.339 e. The second kappa shape index (κ2) is 8.20. The molecule has 0 saturated carbocycles. The molecule has 2 N–H and O–H groups in total. The minimum Gasteiger partial charge on any atom is -0.464 e. The van der Waals surface area contributed by atoms with Gasteiger partial charge in [-0.15, -0.1) is 0 Å². The number of hydrogen-bond acceptors (Lipinski definition) is 4. The van der Waals surface area contributed by atoms with E-state index in [-0.39, 0.29) is 0 Å². The Bertz CT molecular complexity index is 598. The van der Waals surface area contributed by atoms with Crippen molar-refractivity contribution in [3.05, 3.63) is 65.7 Å². The zero-order chi connectivity index (χ0) is 15.8. The number of anilines is 1. The average Bonchev–Trinajstić information content (AvgIpc) is 2.58. The van der Waals surface area contributed by atoms with Gasteiger partial charge in [0, 0.05) is 17.8 Å². The maximum Gasteiger partial charge on any atom is 0.339 e. The van der Waals surface area contributed by atoms with E-state index in [9.17, 15) is 9.90 Å². The van der Waals surface area contributed by atoms with E-state index < -0.39 is 12.1 Å². The number of ether oxygens (including phenoxy) is 1. The van der Waals surface area contributed by atoms with Gasteiger partial charge in [0.05, 0.1) is 6.61 Å². The SMILES string of the molecule is CCCOC(=O)[C@H](O)c1ccccc1NCc1ccccc1. The van der Waals surface area contributed by atoms with Crippen LogP contribution in [0.5, 0.6) is 0 Å². The molecule has 4 heteroatoms. The fraction of sp³-hybridized carbons (Fsp3) is 0.278. The van der Waals surface area contributed by atoms with E-state index >= 15 is 0 Å². The number of para-hydroxylation sites is 1. The van der Waals surface area contributed by atoms with Crippen LogP contribution >= 0.6 is 0 Å². The Morgan fingerprint density at radius 2 is 1.82 bits per heavy atom. The Balaban J connectivity index is 2.07. The van der Waals surface area contributed by atoms with E-state index in [1.54, 1.807) is 12.1 Å². The number of benzene rings is 2. The minimum absolute atomic E-state index is 0.315. The van der Waals surface area contributed by atoms with Gasteiger partial charge in [-0.3, -0.25) is 0 Å². The fourth-order valence-electron chi connectivity index (χ4n) is 2.10. The third-order valence-electron chi connectivity index (χ3n) is 3.25. The highest BCUT2D eigenvalue weighted by atomic mass is 16.5. The molecule has 0 radical (unpaired) electrons. The average molecular weight is 299 g/mol. The summed E-state index contributed by atoms with van der Waals surface area (Å²) in [5.74, 6) is -0.615. The number of rotatable bonds is 7. The monoisotopic (exact) mass is 299 g/mol. The van der Waals surface area contributed by atoms with Crippen molar-refractivity contribution in [3.8, 4) is 0 Å². The summed E-state index contributed by atoms with van der Waals surface area (Å²) in [6.07, 6.45) is -0.544. The Morgan fingerprint density at radius 1 is 1.14 bits per heavy atom. The van der Waals surface area contributed by atoms with Gasteiger partial charge in [-0.2, -0.15) is 0 Å². The van der Waals surface area contributed by atoms with Crippen LogP contribution in [0.25, 0.3) is 0 Å². The molecule has 1 atom stereocenters. The molecule has 2 rings (SSSR count). The summed E-state index contributed by atoms with van der Waals surface area (Å²) in [4.78, 5) is 11.8.